The van der Waals surface area contributed by atoms with E-state index in [0.717, 1.165) is 6.20 Å². The number of aromatic hydroxyl groups is 1. The standard InChI is InChI=1S/C8H10NO6P.C5H9NO4.Mg/c1-5-8(11)7(3-10)6(2-9-5)4-15-16(12,13)14;6-3(5(9)10)1-2-4(7)8;/h2-3,11H,4H2,1H3,(H2,12,13,14);3H,1-2,6H2,(H,7,8)(H,9,10);/q;;+2/p-2/t;3-;/m.0./s1. The molecule has 0 amide bonds. The Morgan fingerprint density at radius 1 is 1.41 bits per heavy atom. The van der Waals surface area contributed by atoms with Crippen molar-refractivity contribution < 1.29 is 48.6 Å². The van der Waals surface area contributed by atoms with Crippen LogP contribution >= 0.6 is 7.82 Å². The van der Waals surface area contributed by atoms with E-state index in [2.05, 4.69) is 9.51 Å². The number of rotatable bonds is 8. The number of carbonyl (C=O) groups is 3. The van der Waals surface area contributed by atoms with Crippen molar-refractivity contribution in [3.63, 3.8) is 0 Å². The summed E-state index contributed by atoms with van der Waals surface area (Å²) in [5.74, 6) is -2.55. The van der Waals surface area contributed by atoms with Crippen LogP contribution in [0.4, 0.5) is 0 Å². The summed E-state index contributed by atoms with van der Waals surface area (Å²) in [4.78, 5) is 54.7. The number of phosphoric acid groups is 1. The number of carboxylic acid groups (broad SMARTS) is 2. The molecule has 1 aromatic rings. The number of hydrogen-bond donors (Lipinski definition) is 4. The van der Waals surface area contributed by atoms with E-state index in [1.165, 1.54) is 6.92 Å². The quantitative estimate of drug-likeness (QED) is 0.208. The van der Waals surface area contributed by atoms with Gasteiger partial charge in [-0.2, -0.15) is 0 Å². The van der Waals surface area contributed by atoms with Crippen LogP contribution in [0.1, 0.15) is 34.5 Å². The van der Waals surface area contributed by atoms with Crippen molar-refractivity contribution in [2.24, 2.45) is 5.73 Å². The Hall–Kier alpha value is -1.60. The Labute approximate surface area is 169 Å². The van der Waals surface area contributed by atoms with E-state index >= 15 is 0 Å². The number of hydrogen-bond acceptors (Lipinski definition) is 10. The van der Waals surface area contributed by atoms with Crippen molar-refractivity contribution in [3.8, 4) is 5.75 Å². The second-order valence-corrected chi connectivity index (χ2v) is 6.00. The van der Waals surface area contributed by atoms with Gasteiger partial charge in [0.2, 0.25) is 0 Å². The molecule has 0 aliphatic carbocycles. The summed E-state index contributed by atoms with van der Waals surface area (Å²) >= 11 is 0. The zero-order valence-corrected chi connectivity index (χ0v) is 16.5. The molecule has 0 unspecified atom stereocenters. The molecule has 14 heteroatoms. The fourth-order valence-electron chi connectivity index (χ4n) is 1.45. The van der Waals surface area contributed by atoms with Crippen LogP contribution in [0.5, 0.6) is 5.75 Å². The summed E-state index contributed by atoms with van der Waals surface area (Å²) < 4.78 is 14.2. The molecular formula is C13H17MgN2O10P. The number of phosphoric ester groups is 1. The summed E-state index contributed by atoms with van der Waals surface area (Å²) in [6.45, 7) is 0.845. The molecule has 0 radical (unpaired) electrons. The summed E-state index contributed by atoms with van der Waals surface area (Å²) in [7, 11) is -5.11. The molecule has 1 heterocycles. The SMILES string of the molecule is Cc1ncc(COP(=O)([O-])[O-])c(C=O)c1O.N[C@@H](CCC(=O)O)C(=O)O.[Mg+2]. The maximum atomic E-state index is 10.7. The smallest absolute Gasteiger partial charge is 0.790 e. The first-order valence-electron chi connectivity index (χ1n) is 6.88. The topological polar surface area (TPSA) is 223 Å². The average molecular weight is 417 g/mol. The predicted molar refractivity (Wildman–Crippen MR) is 86.7 cm³/mol. The third kappa shape index (κ3) is 11.7. The largest absolute Gasteiger partial charge is 2.00 e. The normalized spacial score (nSPS) is 11.4. The van der Waals surface area contributed by atoms with Crippen LogP contribution in [-0.4, -0.2) is 67.6 Å². The molecule has 12 nitrogen and oxygen atoms in total. The van der Waals surface area contributed by atoms with Crippen LogP contribution in [0.15, 0.2) is 6.20 Å². The van der Waals surface area contributed by atoms with E-state index in [1.807, 2.05) is 0 Å². The van der Waals surface area contributed by atoms with Gasteiger partial charge in [-0.3, -0.25) is 19.4 Å². The third-order valence-corrected chi connectivity index (χ3v) is 3.29. The van der Waals surface area contributed by atoms with Gasteiger partial charge in [-0.25, -0.2) is 0 Å². The van der Waals surface area contributed by atoms with E-state index < -0.39 is 32.4 Å². The fourth-order valence-corrected chi connectivity index (χ4v) is 1.75. The number of carboxylic acids is 2. The molecule has 1 aromatic heterocycles. The Morgan fingerprint density at radius 2 is 1.96 bits per heavy atom. The fraction of sp³-hybridized carbons (Fsp3) is 0.385. The van der Waals surface area contributed by atoms with Gasteiger partial charge >= 0.3 is 35.0 Å². The zero-order chi connectivity index (χ0) is 20.5. The molecular weight excluding hydrogens is 399 g/mol. The molecule has 0 aliphatic heterocycles. The minimum absolute atomic E-state index is 0. The Bertz CT molecular complexity index is 709. The van der Waals surface area contributed by atoms with Crippen molar-refractivity contribution in [2.75, 3.05) is 0 Å². The molecule has 1 atom stereocenters. The number of aliphatic carboxylic acids is 2. The average Bonchev–Trinajstić information content (AvgIpc) is 2.53. The van der Waals surface area contributed by atoms with Crippen molar-refractivity contribution >= 4 is 49.1 Å². The maximum absolute atomic E-state index is 10.7. The first-order chi connectivity index (χ1) is 11.9. The molecule has 146 valence electrons. The van der Waals surface area contributed by atoms with Gasteiger partial charge in [0.25, 0.3) is 0 Å². The van der Waals surface area contributed by atoms with E-state index in [9.17, 15) is 33.8 Å². The van der Waals surface area contributed by atoms with Crippen molar-refractivity contribution in [2.45, 2.75) is 32.4 Å². The molecule has 0 aromatic carbocycles. The number of carbonyl (C=O) groups excluding carboxylic acids is 1. The summed E-state index contributed by atoms with van der Waals surface area (Å²) in [6, 6.07) is -1.06. The number of aromatic nitrogens is 1. The van der Waals surface area contributed by atoms with Gasteiger partial charge in [0.15, 0.2) is 6.29 Å². The van der Waals surface area contributed by atoms with Gasteiger partial charge in [-0.15, -0.1) is 0 Å². The van der Waals surface area contributed by atoms with Crippen molar-refractivity contribution in [1.29, 1.82) is 0 Å². The number of pyridine rings is 1. The van der Waals surface area contributed by atoms with Gasteiger partial charge in [-0.1, -0.05) is 0 Å². The van der Waals surface area contributed by atoms with Gasteiger partial charge in [0, 0.05) is 18.2 Å². The summed E-state index contributed by atoms with van der Waals surface area (Å²) in [5, 5.41) is 25.7. The maximum Gasteiger partial charge on any atom is 2.00 e. The first-order valence-corrected chi connectivity index (χ1v) is 8.34. The molecule has 0 aliphatic rings. The number of aldehydes is 1. The van der Waals surface area contributed by atoms with Crippen LogP contribution in [-0.2, 0) is 25.3 Å². The van der Waals surface area contributed by atoms with Gasteiger partial charge in [0.1, 0.15) is 11.8 Å². The van der Waals surface area contributed by atoms with E-state index in [-0.39, 0.29) is 58.5 Å². The van der Waals surface area contributed by atoms with Crippen LogP contribution in [0.3, 0.4) is 0 Å². The molecule has 0 fully saturated rings. The summed E-state index contributed by atoms with van der Waals surface area (Å²) in [5.41, 5.74) is 5.12. The van der Waals surface area contributed by atoms with E-state index in [1.54, 1.807) is 0 Å². The minimum Gasteiger partial charge on any atom is -0.790 e. The second kappa shape index (κ2) is 12.7. The molecule has 5 N–H and O–H groups in total. The zero-order valence-electron chi connectivity index (χ0n) is 14.2. The van der Waals surface area contributed by atoms with Crippen LogP contribution in [0.2, 0.25) is 0 Å². The minimum atomic E-state index is -5.11. The van der Waals surface area contributed by atoms with Crippen molar-refractivity contribution in [1.82, 2.24) is 4.98 Å². The van der Waals surface area contributed by atoms with E-state index in [4.69, 9.17) is 15.9 Å². The second-order valence-electron chi connectivity index (χ2n) is 4.85. The molecule has 0 spiro atoms. The van der Waals surface area contributed by atoms with Gasteiger partial charge in [0.05, 0.1) is 25.7 Å². The van der Waals surface area contributed by atoms with Crippen molar-refractivity contribution in [3.05, 3.63) is 23.0 Å². The molecule has 1 rings (SSSR count). The van der Waals surface area contributed by atoms with E-state index in [0.29, 0.717) is 6.29 Å². The monoisotopic (exact) mass is 416 g/mol. The van der Waals surface area contributed by atoms with Gasteiger partial charge < -0.3 is 39.9 Å². The number of aryl methyl sites for hydroxylation is 1. The first kappa shape index (κ1) is 27.6. The van der Waals surface area contributed by atoms with Crippen LogP contribution < -0.4 is 15.5 Å². The van der Waals surface area contributed by atoms with Crippen LogP contribution in [0.25, 0.3) is 0 Å². The summed E-state index contributed by atoms with van der Waals surface area (Å²) in [6.07, 6.45) is 1.27. The third-order valence-electron chi connectivity index (χ3n) is 2.84. The Balaban J connectivity index is 0. The number of nitrogens with two attached hydrogens (primary N) is 1. The van der Waals surface area contributed by atoms with Crippen LogP contribution in [0, 0.1) is 6.92 Å². The Morgan fingerprint density at radius 3 is 2.37 bits per heavy atom. The Kier molecular flexibility index (Phi) is 13.0. The molecule has 0 saturated heterocycles. The number of nitrogens with zero attached hydrogens (tertiary/aromatic N) is 1. The molecule has 0 bridgehead atoms. The van der Waals surface area contributed by atoms with Gasteiger partial charge in [-0.05, 0) is 13.3 Å². The molecule has 27 heavy (non-hydrogen) atoms. The molecule has 0 saturated carbocycles. The predicted octanol–water partition coefficient (Wildman–Crippen LogP) is -1.86.